The van der Waals surface area contributed by atoms with E-state index in [1.165, 1.54) is 53.2 Å². The van der Waals surface area contributed by atoms with E-state index >= 15 is 0 Å². The van der Waals surface area contributed by atoms with Crippen molar-refractivity contribution >= 4 is 70.2 Å². The molecular weight excluding hydrogens is 723 g/mol. The van der Waals surface area contributed by atoms with Crippen LogP contribution in [-0.4, -0.2) is 9.97 Å². The number of aromatic nitrogens is 2. The summed E-state index contributed by atoms with van der Waals surface area (Å²) in [4.78, 5) is 12.9. The largest absolute Gasteiger partial charge is 0.310 e. The van der Waals surface area contributed by atoms with Gasteiger partial charge in [-0.2, -0.15) is 0 Å². The molecule has 0 N–H and O–H groups in total. The molecule has 0 atom stereocenters. The Labute approximate surface area is 340 Å². The average molecular weight is 758 g/mol. The molecule has 3 nitrogen and oxygen atoms in total. The van der Waals surface area contributed by atoms with Crippen LogP contribution < -0.4 is 4.90 Å². The van der Waals surface area contributed by atoms with Crippen LogP contribution in [0.5, 0.6) is 0 Å². The number of benzene rings is 9. The number of thiophene rings is 1. The summed E-state index contributed by atoms with van der Waals surface area (Å²) in [6, 6.07) is 75.6. The zero-order valence-corrected chi connectivity index (χ0v) is 32.3. The van der Waals surface area contributed by atoms with E-state index in [2.05, 4.69) is 217 Å². The molecule has 0 saturated heterocycles. The maximum atomic E-state index is 5.43. The van der Waals surface area contributed by atoms with Crippen molar-refractivity contribution in [1.82, 2.24) is 9.97 Å². The number of anilines is 3. The van der Waals surface area contributed by atoms with Crippen LogP contribution in [0, 0.1) is 0 Å². The van der Waals surface area contributed by atoms with Crippen LogP contribution in [0.4, 0.5) is 17.1 Å². The monoisotopic (exact) mass is 757 g/mol. The van der Waals surface area contributed by atoms with Crippen molar-refractivity contribution in [2.45, 2.75) is 0 Å². The fraction of sp³-hybridized carbons (Fsp3) is 0. The van der Waals surface area contributed by atoms with Gasteiger partial charge in [-0.25, -0.2) is 9.97 Å². The predicted octanol–water partition coefficient (Wildman–Crippen LogP) is 15.3. The highest BCUT2D eigenvalue weighted by atomic mass is 32.1. The number of hydrogen-bond donors (Lipinski definition) is 0. The number of nitrogens with zero attached hydrogens (tertiary/aromatic N) is 3. The van der Waals surface area contributed by atoms with Crippen molar-refractivity contribution in [1.29, 1.82) is 0 Å². The molecule has 0 fully saturated rings. The molecule has 272 valence electrons. The van der Waals surface area contributed by atoms with Gasteiger partial charge in [0.1, 0.15) is 0 Å². The summed E-state index contributed by atoms with van der Waals surface area (Å²) in [5, 5.41) is 6.08. The molecule has 0 aliphatic heterocycles. The molecule has 11 aromatic rings. The number of rotatable bonds is 7. The second kappa shape index (κ2) is 14.3. The van der Waals surface area contributed by atoms with E-state index < -0.39 is 0 Å². The highest BCUT2D eigenvalue weighted by Crippen LogP contribution is 2.43. The summed E-state index contributed by atoms with van der Waals surface area (Å²) in [5.41, 5.74) is 11.8. The summed E-state index contributed by atoms with van der Waals surface area (Å²) in [6.45, 7) is 0. The maximum absolute atomic E-state index is 5.43. The lowest BCUT2D eigenvalue weighted by Gasteiger charge is -2.26. The third-order valence-corrected chi connectivity index (χ3v) is 12.3. The third-order valence-electron chi connectivity index (χ3n) is 11.1. The fourth-order valence-electron chi connectivity index (χ4n) is 8.18. The Hall–Kier alpha value is -7.40. The van der Waals surface area contributed by atoms with E-state index in [0.29, 0.717) is 5.82 Å². The Kier molecular flexibility index (Phi) is 8.34. The van der Waals surface area contributed by atoms with Crippen LogP contribution >= 0.6 is 11.3 Å². The molecule has 0 spiro atoms. The van der Waals surface area contributed by atoms with Crippen molar-refractivity contribution in [2.24, 2.45) is 0 Å². The fourth-order valence-corrected chi connectivity index (χ4v) is 9.43. The second-order valence-corrected chi connectivity index (χ2v) is 15.7. The quantitative estimate of drug-likeness (QED) is 0.162. The number of hydrogen-bond acceptors (Lipinski definition) is 4. The molecule has 0 saturated carbocycles. The van der Waals surface area contributed by atoms with Gasteiger partial charge >= 0.3 is 0 Å². The zero-order valence-electron chi connectivity index (χ0n) is 31.5. The SMILES string of the molecule is c1ccc(-c2ccc(N(c3ccc(-c4ccccc4)cc3)c3cccc(-c4nc(-c5cccc6c5sc5cc7ccccc7cc56)c5ccccc5n4)c3)cc2)cc1. The molecule has 58 heavy (non-hydrogen) atoms. The van der Waals surface area contributed by atoms with Crippen LogP contribution in [0.15, 0.2) is 212 Å². The average Bonchev–Trinajstić information content (AvgIpc) is 3.67. The van der Waals surface area contributed by atoms with Gasteiger partial charge in [0.25, 0.3) is 0 Å². The zero-order chi connectivity index (χ0) is 38.4. The van der Waals surface area contributed by atoms with Gasteiger partial charge < -0.3 is 4.90 Å². The minimum Gasteiger partial charge on any atom is -0.310 e. The van der Waals surface area contributed by atoms with Gasteiger partial charge in [0, 0.05) is 53.7 Å². The first-order chi connectivity index (χ1) is 28.7. The molecule has 0 bridgehead atoms. The molecule has 0 radical (unpaired) electrons. The molecule has 4 heteroatoms. The summed E-state index contributed by atoms with van der Waals surface area (Å²) < 4.78 is 2.52. The minimum atomic E-state index is 0.693. The van der Waals surface area contributed by atoms with Crippen LogP contribution in [0.1, 0.15) is 0 Å². The van der Waals surface area contributed by atoms with E-state index in [1.54, 1.807) is 0 Å². The summed E-state index contributed by atoms with van der Waals surface area (Å²) in [7, 11) is 0. The van der Waals surface area contributed by atoms with E-state index in [0.717, 1.165) is 44.8 Å². The molecule has 9 aromatic carbocycles. The predicted molar refractivity (Wildman–Crippen MR) is 246 cm³/mol. The van der Waals surface area contributed by atoms with Gasteiger partial charge in [0.05, 0.1) is 11.2 Å². The molecule has 2 heterocycles. The van der Waals surface area contributed by atoms with Crippen molar-refractivity contribution in [3.05, 3.63) is 212 Å². The van der Waals surface area contributed by atoms with Gasteiger partial charge in [0.2, 0.25) is 0 Å². The summed E-state index contributed by atoms with van der Waals surface area (Å²) in [6.07, 6.45) is 0. The van der Waals surface area contributed by atoms with Gasteiger partial charge in [-0.15, -0.1) is 11.3 Å². The molecule has 0 aliphatic carbocycles. The van der Waals surface area contributed by atoms with Crippen molar-refractivity contribution in [2.75, 3.05) is 4.90 Å². The van der Waals surface area contributed by atoms with Crippen LogP contribution in [0.2, 0.25) is 0 Å². The normalized spacial score (nSPS) is 11.4. The highest BCUT2D eigenvalue weighted by molar-refractivity contribution is 7.26. The van der Waals surface area contributed by atoms with E-state index in [4.69, 9.17) is 9.97 Å². The standard InChI is InChI=1S/C54H35N3S/c1-3-13-36(14-4-1)38-25-29-43(30-26-38)57(44-31-27-39(28-32-44)37-15-5-2-6-16-37)45-20-11-19-42(33-45)54-55-50-24-10-9-21-47(50)52(56-54)48-23-12-22-46-49-34-40-17-7-8-18-41(40)35-51(49)58-53(46)48/h1-35H. The highest BCUT2D eigenvalue weighted by Gasteiger charge is 2.19. The van der Waals surface area contributed by atoms with Crippen LogP contribution in [0.25, 0.3) is 86.7 Å². The lowest BCUT2D eigenvalue weighted by atomic mass is 10.0. The van der Waals surface area contributed by atoms with Gasteiger partial charge in [-0.05, 0) is 87.6 Å². The van der Waals surface area contributed by atoms with E-state index in [9.17, 15) is 0 Å². The molecule has 2 aromatic heterocycles. The molecule has 0 unspecified atom stereocenters. The smallest absolute Gasteiger partial charge is 0.160 e. The molecular formula is C54H35N3S. The maximum Gasteiger partial charge on any atom is 0.160 e. The summed E-state index contributed by atoms with van der Waals surface area (Å²) >= 11 is 1.84. The Bertz CT molecular complexity index is 3180. The van der Waals surface area contributed by atoms with E-state index in [1.807, 2.05) is 11.3 Å². The first kappa shape index (κ1) is 33.9. The van der Waals surface area contributed by atoms with Crippen LogP contribution in [-0.2, 0) is 0 Å². The van der Waals surface area contributed by atoms with Gasteiger partial charge in [0.15, 0.2) is 5.82 Å². The lowest BCUT2D eigenvalue weighted by molar-refractivity contribution is 1.22. The third kappa shape index (κ3) is 6.08. The number of para-hydroxylation sites is 1. The second-order valence-electron chi connectivity index (χ2n) is 14.6. The number of fused-ring (bicyclic) bond motifs is 5. The van der Waals surface area contributed by atoms with Gasteiger partial charge in [-0.3, -0.25) is 0 Å². The van der Waals surface area contributed by atoms with Crippen molar-refractivity contribution in [3.63, 3.8) is 0 Å². The molecule has 0 amide bonds. The first-order valence-corrected chi connectivity index (χ1v) is 20.4. The van der Waals surface area contributed by atoms with E-state index in [-0.39, 0.29) is 0 Å². The van der Waals surface area contributed by atoms with Crippen molar-refractivity contribution < 1.29 is 0 Å². The molecule has 11 rings (SSSR count). The summed E-state index contributed by atoms with van der Waals surface area (Å²) in [5.74, 6) is 0.693. The minimum absolute atomic E-state index is 0.693. The Balaban J connectivity index is 1.05. The van der Waals surface area contributed by atoms with Crippen LogP contribution in [0.3, 0.4) is 0 Å². The molecule has 0 aliphatic rings. The topological polar surface area (TPSA) is 29.0 Å². The Morgan fingerprint density at radius 3 is 1.60 bits per heavy atom. The van der Waals surface area contributed by atoms with Crippen molar-refractivity contribution in [3.8, 4) is 44.9 Å². The first-order valence-electron chi connectivity index (χ1n) is 19.6. The lowest BCUT2D eigenvalue weighted by Crippen LogP contribution is -2.10. The van der Waals surface area contributed by atoms with Gasteiger partial charge in [-0.1, -0.05) is 158 Å². The Morgan fingerprint density at radius 2 is 0.914 bits per heavy atom. The Morgan fingerprint density at radius 1 is 0.362 bits per heavy atom.